The van der Waals surface area contributed by atoms with Crippen molar-refractivity contribution in [1.29, 1.82) is 0 Å². The molecule has 0 spiro atoms. The topological polar surface area (TPSA) is 49.4 Å². The molecule has 6 heteroatoms. The van der Waals surface area contributed by atoms with E-state index in [1.165, 1.54) is 6.07 Å². The Labute approximate surface area is 144 Å². The van der Waals surface area contributed by atoms with Gasteiger partial charge in [0.25, 0.3) is 5.91 Å². The number of rotatable bonds is 3. The SMILES string of the molecule is Cc1cc(C)cc(N2CCC(NC(=O)c3ccc(F)c(F)c3)C2=O)c1. The second-order valence-electron chi connectivity index (χ2n) is 6.28. The second kappa shape index (κ2) is 6.63. The average Bonchev–Trinajstić information content (AvgIpc) is 2.90. The van der Waals surface area contributed by atoms with E-state index in [2.05, 4.69) is 5.32 Å². The molecule has 0 aliphatic carbocycles. The van der Waals surface area contributed by atoms with Crippen molar-refractivity contribution in [2.24, 2.45) is 0 Å². The summed E-state index contributed by atoms with van der Waals surface area (Å²) in [4.78, 5) is 26.4. The molecule has 2 aromatic rings. The van der Waals surface area contributed by atoms with E-state index >= 15 is 0 Å². The highest BCUT2D eigenvalue weighted by atomic mass is 19.2. The molecular formula is C19H18F2N2O2. The van der Waals surface area contributed by atoms with Crippen LogP contribution < -0.4 is 10.2 Å². The van der Waals surface area contributed by atoms with Gasteiger partial charge in [-0.05, 0) is 61.7 Å². The number of nitrogens with one attached hydrogen (secondary N) is 1. The highest BCUT2D eigenvalue weighted by Crippen LogP contribution is 2.24. The van der Waals surface area contributed by atoms with Gasteiger partial charge in [0.2, 0.25) is 5.91 Å². The molecule has 0 radical (unpaired) electrons. The zero-order valence-electron chi connectivity index (χ0n) is 14.0. The van der Waals surface area contributed by atoms with Crippen LogP contribution >= 0.6 is 0 Å². The Morgan fingerprint density at radius 2 is 1.76 bits per heavy atom. The van der Waals surface area contributed by atoms with Crippen LogP contribution in [0.1, 0.15) is 27.9 Å². The first-order valence-corrected chi connectivity index (χ1v) is 8.01. The molecule has 3 rings (SSSR count). The predicted octanol–water partition coefficient (Wildman–Crippen LogP) is 3.12. The van der Waals surface area contributed by atoms with Crippen LogP contribution in [0.15, 0.2) is 36.4 Å². The van der Waals surface area contributed by atoms with E-state index < -0.39 is 23.6 Å². The number of aryl methyl sites for hydroxylation is 2. The highest BCUT2D eigenvalue weighted by Gasteiger charge is 2.34. The van der Waals surface area contributed by atoms with Crippen molar-refractivity contribution in [2.75, 3.05) is 11.4 Å². The van der Waals surface area contributed by atoms with Crippen LogP contribution in [-0.4, -0.2) is 24.4 Å². The lowest BCUT2D eigenvalue weighted by atomic mass is 10.1. The predicted molar refractivity (Wildman–Crippen MR) is 90.5 cm³/mol. The Hall–Kier alpha value is -2.76. The number of hydrogen-bond acceptors (Lipinski definition) is 2. The van der Waals surface area contributed by atoms with Crippen LogP contribution in [0.2, 0.25) is 0 Å². The van der Waals surface area contributed by atoms with E-state index in [1.54, 1.807) is 4.90 Å². The van der Waals surface area contributed by atoms with Crippen molar-refractivity contribution in [3.8, 4) is 0 Å². The fourth-order valence-electron chi connectivity index (χ4n) is 3.06. The van der Waals surface area contributed by atoms with Crippen LogP contribution in [0.25, 0.3) is 0 Å². The molecule has 2 aromatic carbocycles. The molecule has 1 aliphatic heterocycles. The maximum atomic E-state index is 13.3. The molecule has 1 heterocycles. The lowest BCUT2D eigenvalue weighted by Gasteiger charge is -2.18. The van der Waals surface area contributed by atoms with Gasteiger partial charge in [-0.1, -0.05) is 6.07 Å². The summed E-state index contributed by atoms with van der Waals surface area (Å²) in [5, 5.41) is 2.60. The molecule has 1 unspecified atom stereocenters. The average molecular weight is 344 g/mol. The first-order valence-electron chi connectivity index (χ1n) is 8.01. The van der Waals surface area contributed by atoms with Crippen molar-refractivity contribution in [3.05, 3.63) is 64.7 Å². The third-order valence-corrected chi connectivity index (χ3v) is 4.21. The lowest BCUT2D eigenvalue weighted by molar-refractivity contribution is -0.118. The van der Waals surface area contributed by atoms with Crippen molar-refractivity contribution < 1.29 is 18.4 Å². The quantitative estimate of drug-likeness (QED) is 0.930. The summed E-state index contributed by atoms with van der Waals surface area (Å²) in [5.41, 5.74) is 2.89. The largest absolute Gasteiger partial charge is 0.340 e. The van der Waals surface area contributed by atoms with Gasteiger partial charge in [0.05, 0.1) is 0 Å². The van der Waals surface area contributed by atoms with Gasteiger partial charge in [0.1, 0.15) is 6.04 Å². The zero-order valence-corrected chi connectivity index (χ0v) is 14.0. The first kappa shape index (κ1) is 17.1. The van der Waals surface area contributed by atoms with Gasteiger partial charge in [-0.25, -0.2) is 8.78 Å². The van der Waals surface area contributed by atoms with Gasteiger partial charge >= 0.3 is 0 Å². The number of anilines is 1. The molecule has 130 valence electrons. The minimum Gasteiger partial charge on any atom is -0.340 e. The van der Waals surface area contributed by atoms with Gasteiger partial charge in [-0.3, -0.25) is 9.59 Å². The molecule has 0 aromatic heterocycles. The summed E-state index contributed by atoms with van der Waals surface area (Å²) in [6, 6.07) is 8.09. The maximum absolute atomic E-state index is 13.3. The number of hydrogen-bond donors (Lipinski definition) is 1. The fraction of sp³-hybridized carbons (Fsp3) is 0.263. The normalized spacial score (nSPS) is 17.0. The number of halogens is 2. The molecule has 1 atom stereocenters. The van der Waals surface area contributed by atoms with Crippen LogP contribution in [0.3, 0.4) is 0 Å². The minimum absolute atomic E-state index is 0.0171. The Kier molecular flexibility index (Phi) is 4.53. The molecule has 1 saturated heterocycles. The Morgan fingerprint density at radius 3 is 2.40 bits per heavy atom. The molecular weight excluding hydrogens is 326 g/mol. The molecule has 4 nitrogen and oxygen atoms in total. The third kappa shape index (κ3) is 3.52. The van der Waals surface area contributed by atoms with Crippen molar-refractivity contribution in [1.82, 2.24) is 5.32 Å². The van der Waals surface area contributed by atoms with E-state index in [0.29, 0.717) is 13.0 Å². The molecule has 1 aliphatic rings. The smallest absolute Gasteiger partial charge is 0.252 e. The number of carbonyl (C=O) groups is 2. The van der Waals surface area contributed by atoms with Crippen molar-refractivity contribution in [3.63, 3.8) is 0 Å². The summed E-state index contributed by atoms with van der Waals surface area (Å²) in [6.07, 6.45) is 0.460. The van der Waals surface area contributed by atoms with Gasteiger partial charge in [0, 0.05) is 17.8 Å². The standard InChI is InChI=1S/C19H18F2N2O2/c1-11-7-12(2)9-14(8-11)23-6-5-17(19(23)25)22-18(24)13-3-4-15(20)16(21)10-13/h3-4,7-10,17H,5-6H2,1-2H3,(H,22,24). The Morgan fingerprint density at radius 1 is 1.08 bits per heavy atom. The summed E-state index contributed by atoms with van der Waals surface area (Å²) >= 11 is 0. The molecule has 0 bridgehead atoms. The van der Waals surface area contributed by atoms with E-state index in [0.717, 1.165) is 28.9 Å². The van der Waals surface area contributed by atoms with Gasteiger partial charge in [0.15, 0.2) is 11.6 Å². The van der Waals surface area contributed by atoms with Crippen molar-refractivity contribution in [2.45, 2.75) is 26.3 Å². The van der Waals surface area contributed by atoms with E-state index in [1.807, 2.05) is 32.0 Å². The number of carbonyl (C=O) groups excluding carboxylic acids is 2. The van der Waals surface area contributed by atoms with E-state index in [4.69, 9.17) is 0 Å². The zero-order chi connectivity index (χ0) is 18.1. The van der Waals surface area contributed by atoms with Crippen LogP contribution in [0, 0.1) is 25.5 Å². The van der Waals surface area contributed by atoms with E-state index in [-0.39, 0.29) is 11.5 Å². The number of nitrogens with zero attached hydrogens (tertiary/aromatic N) is 1. The summed E-state index contributed by atoms with van der Waals surface area (Å²) < 4.78 is 26.2. The summed E-state index contributed by atoms with van der Waals surface area (Å²) in [5.74, 6) is -2.92. The molecule has 25 heavy (non-hydrogen) atoms. The fourth-order valence-corrected chi connectivity index (χ4v) is 3.06. The molecule has 2 amide bonds. The lowest BCUT2D eigenvalue weighted by Crippen LogP contribution is -2.41. The van der Waals surface area contributed by atoms with Crippen molar-refractivity contribution >= 4 is 17.5 Å². The number of amides is 2. The molecule has 1 fully saturated rings. The Balaban J connectivity index is 1.73. The molecule has 0 saturated carbocycles. The second-order valence-corrected chi connectivity index (χ2v) is 6.28. The Bertz CT molecular complexity index is 831. The maximum Gasteiger partial charge on any atom is 0.252 e. The molecule has 1 N–H and O–H groups in total. The third-order valence-electron chi connectivity index (χ3n) is 4.21. The highest BCUT2D eigenvalue weighted by molar-refractivity contribution is 6.04. The monoisotopic (exact) mass is 344 g/mol. The van der Waals surface area contributed by atoms with Crippen LogP contribution in [0.5, 0.6) is 0 Å². The minimum atomic E-state index is -1.10. The van der Waals surface area contributed by atoms with Gasteiger partial charge in [-0.15, -0.1) is 0 Å². The van der Waals surface area contributed by atoms with Gasteiger partial charge in [-0.2, -0.15) is 0 Å². The van der Waals surface area contributed by atoms with Crippen LogP contribution in [0.4, 0.5) is 14.5 Å². The van der Waals surface area contributed by atoms with Gasteiger partial charge < -0.3 is 10.2 Å². The summed E-state index contributed by atoms with van der Waals surface area (Å²) in [7, 11) is 0. The van der Waals surface area contributed by atoms with Crippen LogP contribution in [-0.2, 0) is 4.79 Å². The number of benzene rings is 2. The summed E-state index contributed by atoms with van der Waals surface area (Å²) in [6.45, 7) is 4.41. The first-order chi connectivity index (χ1) is 11.8. The van der Waals surface area contributed by atoms with E-state index in [9.17, 15) is 18.4 Å².